The summed E-state index contributed by atoms with van der Waals surface area (Å²) >= 11 is 0. The largest absolute Gasteiger partial charge is 0.416 e. The third-order valence-electron chi connectivity index (χ3n) is 5.60. The maximum absolute atomic E-state index is 12.9. The highest BCUT2D eigenvalue weighted by Crippen LogP contribution is 2.30. The highest BCUT2D eigenvalue weighted by molar-refractivity contribution is 5.30. The molecule has 0 spiro atoms. The van der Waals surface area contributed by atoms with E-state index < -0.39 is 11.7 Å². The average Bonchev–Trinajstić information content (AvgIpc) is 3.13. The van der Waals surface area contributed by atoms with Crippen LogP contribution in [0.15, 0.2) is 55.0 Å². The standard InChI is InChI=1S/C23H25F3N4/c1-29-14-19(13-28-29)15-30-9-3-5-20(16-30)22-8-7-18(12-27-22)10-17-4-2-6-21(11-17)23(24,25)26/h2,4,6-8,11-14,20H,3,5,9-10,15-16H2,1H3/t20-/m0/s1. The van der Waals surface area contributed by atoms with Gasteiger partial charge in [0.1, 0.15) is 0 Å². The first kappa shape index (κ1) is 20.6. The van der Waals surface area contributed by atoms with Crippen molar-refractivity contribution in [3.63, 3.8) is 0 Å². The molecule has 4 nitrogen and oxygen atoms in total. The van der Waals surface area contributed by atoms with Crippen LogP contribution in [-0.4, -0.2) is 32.8 Å². The van der Waals surface area contributed by atoms with Crippen molar-refractivity contribution < 1.29 is 13.2 Å². The van der Waals surface area contributed by atoms with Crippen molar-refractivity contribution in [2.24, 2.45) is 7.05 Å². The van der Waals surface area contributed by atoms with Gasteiger partial charge in [0.25, 0.3) is 0 Å². The third-order valence-corrected chi connectivity index (χ3v) is 5.60. The van der Waals surface area contributed by atoms with Crippen LogP contribution in [0.4, 0.5) is 13.2 Å². The van der Waals surface area contributed by atoms with E-state index in [4.69, 9.17) is 0 Å². The Morgan fingerprint density at radius 3 is 2.63 bits per heavy atom. The minimum absolute atomic E-state index is 0.373. The van der Waals surface area contributed by atoms with Crippen LogP contribution in [0.5, 0.6) is 0 Å². The Labute approximate surface area is 174 Å². The Kier molecular flexibility index (Phi) is 5.90. The van der Waals surface area contributed by atoms with Gasteiger partial charge in [-0.05, 0) is 49.1 Å². The number of nitrogens with zero attached hydrogens (tertiary/aromatic N) is 4. The molecule has 2 aromatic heterocycles. The second-order valence-electron chi connectivity index (χ2n) is 8.06. The second kappa shape index (κ2) is 8.60. The number of alkyl halides is 3. The van der Waals surface area contributed by atoms with Gasteiger partial charge in [-0.1, -0.05) is 24.3 Å². The molecule has 1 aliphatic heterocycles. The molecule has 3 aromatic rings. The summed E-state index contributed by atoms with van der Waals surface area (Å²) in [5.41, 5.74) is 3.21. The zero-order chi connectivity index (χ0) is 21.1. The predicted octanol–water partition coefficient (Wildman–Crippen LogP) is 4.80. The van der Waals surface area contributed by atoms with Crippen LogP contribution in [0.2, 0.25) is 0 Å². The fourth-order valence-corrected chi connectivity index (χ4v) is 4.13. The SMILES string of the molecule is Cn1cc(CN2CCC[C@H](c3ccc(Cc4cccc(C(F)(F)F)c4)cn3)C2)cn1. The third kappa shape index (κ3) is 5.08. The first-order chi connectivity index (χ1) is 14.4. The number of aromatic nitrogens is 3. The van der Waals surface area contributed by atoms with E-state index in [2.05, 4.69) is 15.0 Å². The van der Waals surface area contributed by atoms with Crippen molar-refractivity contribution in [2.75, 3.05) is 13.1 Å². The number of halogens is 3. The first-order valence-electron chi connectivity index (χ1n) is 10.2. The Hall–Kier alpha value is -2.67. The van der Waals surface area contributed by atoms with Gasteiger partial charge in [0.05, 0.1) is 11.8 Å². The summed E-state index contributed by atoms with van der Waals surface area (Å²) in [4.78, 5) is 7.08. The molecule has 1 fully saturated rings. The summed E-state index contributed by atoms with van der Waals surface area (Å²) in [6.45, 7) is 2.91. The number of hydrogen-bond donors (Lipinski definition) is 0. The van der Waals surface area contributed by atoms with Gasteiger partial charge in [0, 0.05) is 49.7 Å². The van der Waals surface area contributed by atoms with E-state index in [1.54, 1.807) is 12.3 Å². The van der Waals surface area contributed by atoms with E-state index >= 15 is 0 Å². The smallest absolute Gasteiger partial charge is 0.298 e. The monoisotopic (exact) mass is 414 g/mol. The molecule has 30 heavy (non-hydrogen) atoms. The van der Waals surface area contributed by atoms with Gasteiger partial charge >= 0.3 is 6.18 Å². The zero-order valence-corrected chi connectivity index (χ0v) is 16.9. The number of piperidine rings is 1. The molecule has 3 heterocycles. The van der Waals surface area contributed by atoms with Gasteiger partial charge in [-0.25, -0.2) is 0 Å². The van der Waals surface area contributed by atoms with Crippen molar-refractivity contribution in [2.45, 2.75) is 37.9 Å². The normalized spacial score (nSPS) is 17.9. The fourth-order valence-electron chi connectivity index (χ4n) is 4.13. The molecule has 0 N–H and O–H groups in total. The van der Waals surface area contributed by atoms with Crippen molar-refractivity contribution in [1.29, 1.82) is 0 Å². The minimum Gasteiger partial charge on any atom is -0.298 e. The molecule has 1 aromatic carbocycles. The van der Waals surface area contributed by atoms with E-state index in [9.17, 15) is 13.2 Å². The summed E-state index contributed by atoms with van der Waals surface area (Å²) in [6.07, 6.45) is 4.10. The molecular weight excluding hydrogens is 389 g/mol. The van der Waals surface area contributed by atoms with Gasteiger partial charge in [-0.2, -0.15) is 18.3 Å². The van der Waals surface area contributed by atoms with Crippen LogP contribution in [0.1, 0.15) is 46.7 Å². The molecule has 4 rings (SSSR count). The zero-order valence-electron chi connectivity index (χ0n) is 16.9. The Morgan fingerprint density at radius 2 is 1.93 bits per heavy atom. The van der Waals surface area contributed by atoms with Crippen LogP contribution in [0, 0.1) is 0 Å². The van der Waals surface area contributed by atoms with Crippen molar-refractivity contribution in [3.05, 3.63) is 82.9 Å². The highest BCUT2D eigenvalue weighted by Gasteiger charge is 2.30. The lowest BCUT2D eigenvalue weighted by atomic mass is 9.93. The summed E-state index contributed by atoms with van der Waals surface area (Å²) in [5.74, 6) is 0.373. The maximum atomic E-state index is 12.9. The van der Waals surface area contributed by atoms with E-state index in [-0.39, 0.29) is 0 Å². The van der Waals surface area contributed by atoms with Crippen molar-refractivity contribution in [1.82, 2.24) is 19.7 Å². The highest BCUT2D eigenvalue weighted by atomic mass is 19.4. The molecule has 0 radical (unpaired) electrons. The van der Waals surface area contributed by atoms with Gasteiger partial charge in [-0.15, -0.1) is 0 Å². The lowest BCUT2D eigenvalue weighted by Crippen LogP contribution is -2.34. The summed E-state index contributed by atoms with van der Waals surface area (Å²) in [7, 11) is 1.92. The van der Waals surface area contributed by atoms with Gasteiger partial charge in [-0.3, -0.25) is 14.6 Å². The Balaban J connectivity index is 1.39. The van der Waals surface area contributed by atoms with Gasteiger partial charge < -0.3 is 0 Å². The quantitative estimate of drug-likeness (QED) is 0.601. The summed E-state index contributed by atoms with van der Waals surface area (Å²) in [6, 6.07) is 9.51. The van der Waals surface area contributed by atoms with Crippen LogP contribution in [0.25, 0.3) is 0 Å². The molecule has 0 aliphatic carbocycles. The predicted molar refractivity (Wildman–Crippen MR) is 109 cm³/mol. The molecule has 0 saturated carbocycles. The van der Waals surface area contributed by atoms with E-state index in [1.807, 2.05) is 36.3 Å². The molecular formula is C23H25F3N4. The Morgan fingerprint density at radius 1 is 1.07 bits per heavy atom. The number of pyridine rings is 1. The number of hydrogen-bond acceptors (Lipinski definition) is 3. The van der Waals surface area contributed by atoms with Crippen LogP contribution in [-0.2, 0) is 26.2 Å². The summed E-state index contributed by atoms with van der Waals surface area (Å²) in [5, 5.41) is 4.24. The number of likely N-dealkylation sites (tertiary alicyclic amines) is 1. The van der Waals surface area contributed by atoms with Crippen molar-refractivity contribution in [3.8, 4) is 0 Å². The molecule has 0 unspecified atom stereocenters. The number of benzene rings is 1. The summed E-state index contributed by atoms with van der Waals surface area (Å²) < 4.78 is 40.6. The molecule has 0 amide bonds. The lowest BCUT2D eigenvalue weighted by molar-refractivity contribution is -0.137. The molecule has 158 valence electrons. The van der Waals surface area contributed by atoms with Gasteiger partial charge in [0.2, 0.25) is 0 Å². The van der Waals surface area contributed by atoms with E-state index in [0.29, 0.717) is 17.9 Å². The molecule has 0 bridgehead atoms. The van der Waals surface area contributed by atoms with Crippen LogP contribution in [0.3, 0.4) is 0 Å². The topological polar surface area (TPSA) is 34.0 Å². The molecule has 1 saturated heterocycles. The first-order valence-corrected chi connectivity index (χ1v) is 10.2. The molecule has 1 atom stereocenters. The maximum Gasteiger partial charge on any atom is 0.416 e. The second-order valence-corrected chi connectivity index (χ2v) is 8.06. The minimum atomic E-state index is -4.32. The molecule has 1 aliphatic rings. The average molecular weight is 414 g/mol. The lowest BCUT2D eigenvalue weighted by Gasteiger charge is -2.32. The van der Waals surface area contributed by atoms with Crippen LogP contribution >= 0.6 is 0 Å². The van der Waals surface area contributed by atoms with E-state index in [0.717, 1.165) is 49.8 Å². The number of aryl methyl sites for hydroxylation is 1. The molecule has 7 heteroatoms. The van der Waals surface area contributed by atoms with Gasteiger partial charge in [0.15, 0.2) is 0 Å². The Bertz CT molecular complexity index is 979. The van der Waals surface area contributed by atoms with Crippen LogP contribution < -0.4 is 0 Å². The fraction of sp³-hybridized carbons (Fsp3) is 0.391. The number of rotatable bonds is 5. The van der Waals surface area contributed by atoms with E-state index in [1.165, 1.54) is 17.7 Å². The van der Waals surface area contributed by atoms with Crippen molar-refractivity contribution >= 4 is 0 Å².